The van der Waals surface area contributed by atoms with Gasteiger partial charge in [-0.2, -0.15) is 0 Å². The van der Waals surface area contributed by atoms with Crippen LogP contribution in [0.15, 0.2) is 48.5 Å². The number of hydrogen-bond donors (Lipinski definition) is 8. The van der Waals surface area contributed by atoms with Gasteiger partial charge in [0.15, 0.2) is 0 Å². The summed E-state index contributed by atoms with van der Waals surface area (Å²) in [4.78, 5) is 46.6. The highest BCUT2D eigenvalue weighted by Gasteiger charge is 2.50. The Morgan fingerprint density at radius 1 is 0.711 bits per heavy atom. The molecule has 18 nitrogen and oxygen atoms in total. The third-order valence-electron chi connectivity index (χ3n) is 7.27. The fraction of sp³-hybridized carbons (Fsp3) is 0.462. The van der Waals surface area contributed by atoms with Crippen molar-refractivity contribution in [2.24, 2.45) is 0 Å². The second-order valence-corrected chi connectivity index (χ2v) is 11.4. The number of aliphatic hydroxyl groups excluding tert-OH is 6. The van der Waals surface area contributed by atoms with Crippen LogP contribution in [0.25, 0.3) is 0 Å². The first kappa shape index (κ1) is 34.1. The van der Waals surface area contributed by atoms with Gasteiger partial charge < -0.3 is 50.7 Å². The minimum absolute atomic E-state index is 0.159. The molecule has 2 heterocycles. The summed E-state index contributed by atoms with van der Waals surface area (Å²) in [5.74, 6) is -1.80. The lowest BCUT2D eigenvalue weighted by Gasteiger charge is -2.46. The summed E-state index contributed by atoms with van der Waals surface area (Å²) in [6.45, 7) is -1.55. The van der Waals surface area contributed by atoms with Crippen LogP contribution in [0.1, 0.15) is 20.7 Å². The summed E-state index contributed by atoms with van der Waals surface area (Å²) in [6, 6.07) is 6.37. The molecule has 244 valence electrons. The molecule has 0 aliphatic carbocycles. The molecule has 2 fully saturated rings. The molecule has 2 aliphatic heterocycles. The average Bonchev–Trinajstić information content (AvgIpc) is 3.03. The van der Waals surface area contributed by atoms with Crippen LogP contribution in [0.5, 0.6) is 0 Å². The molecule has 4 rings (SSSR count). The van der Waals surface area contributed by atoms with E-state index < -0.39 is 94.5 Å². The molecule has 2 saturated heterocycles. The van der Waals surface area contributed by atoms with Gasteiger partial charge >= 0.3 is 0 Å². The standard InChI is InChI=1S/C26H30N4O14S/c31-9-15-19(33)17(27-23(37)11-3-1-5-13(7-11)29(39)40)21(35)25(43-15)45-26-22(36)18(20(34)16(10-32)44-26)28-24(38)12-4-2-6-14(8-12)30(41)42/h1-8,15-22,25-26,31-36H,9-10H2,(H,27,37)(H,28,38)/t15-,16-,17+,18+,19+,20+,21-,22-,25+,26+/m1/s1. The SMILES string of the molecule is O=C(N[C@H]1[C@@H](O)[C@@H](CO)O[C@@H](S[C@@H]2O[C@H](CO)[C@H](O)[C@H](NC(=O)c3cccc([N+](=O)[O-])c3)[C@H]2O)[C@@H]1O)c1cccc([N+](=O)[O-])c1. The van der Waals surface area contributed by atoms with Gasteiger partial charge in [-0.1, -0.05) is 23.9 Å². The minimum Gasteiger partial charge on any atom is -0.394 e. The van der Waals surface area contributed by atoms with E-state index in [0.29, 0.717) is 11.8 Å². The summed E-state index contributed by atoms with van der Waals surface area (Å²) in [6.07, 6.45) is -9.52. The van der Waals surface area contributed by atoms with Crippen LogP contribution in [-0.2, 0) is 9.47 Å². The molecule has 2 aliphatic rings. The van der Waals surface area contributed by atoms with E-state index >= 15 is 0 Å². The number of nitro benzene ring substituents is 2. The molecule has 0 unspecified atom stereocenters. The van der Waals surface area contributed by atoms with Crippen LogP contribution in [0.4, 0.5) is 11.4 Å². The molecule has 0 radical (unpaired) electrons. The summed E-state index contributed by atoms with van der Waals surface area (Å²) in [5, 5.41) is 90.2. The predicted octanol–water partition coefficient (Wildman–Crippen LogP) is -1.99. The lowest BCUT2D eigenvalue weighted by atomic mass is 9.96. The van der Waals surface area contributed by atoms with E-state index in [2.05, 4.69) is 10.6 Å². The highest BCUT2D eigenvalue weighted by molar-refractivity contribution is 8.00. The van der Waals surface area contributed by atoms with Crippen LogP contribution >= 0.6 is 11.8 Å². The number of nitro groups is 2. The van der Waals surface area contributed by atoms with Gasteiger partial charge in [0.1, 0.15) is 47.5 Å². The smallest absolute Gasteiger partial charge is 0.270 e. The highest BCUT2D eigenvalue weighted by atomic mass is 32.2. The van der Waals surface area contributed by atoms with Crippen molar-refractivity contribution in [1.29, 1.82) is 0 Å². The number of benzene rings is 2. The maximum Gasteiger partial charge on any atom is 0.270 e. The predicted molar refractivity (Wildman–Crippen MR) is 152 cm³/mol. The van der Waals surface area contributed by atoms with E-state index in [1.54, 1.807) is 0 Å². The van der Waals surface area contributed by atoms with E-state index in [4.69, 9.17) is 9.47 Å². The number of carbonyl (C=O) groups excluding carboxylic acids is 2. The maximum atomic E-state index is 12.9. The molecule has 0 aromatic heterocycles. The Labute approximate surface area is 257 Å². The summed E-state index contributed by atoms with van der Waals surface area (Å²) in [5.41, 5.74) is -3.94. The van der Waals surface area contributed by atoms with Crippen molar-refractivity contribution < 1.29 is 59.5 Å². The number of ether oxygens (including phenoxy) is 2. The zero-order valence-corrected chi connectivity index (χ0v) is 23.9. The monoisotopic (exact) mass is 654 g/mol. The number of nitrogens with zero attached hydrogens (tertiary/aromatic N) is 2. The number of hydrogen-bond acceptors (Lipinski definition) is 15. The van der Waals surface area contributed by atoms with Crippen molar-refractivity contribution in [2.45, 2.75) is 59.6 Å². The van der Waals surface area contributed by atoms with Crippen LogP contribution in [0, 0.1) is 20.2 Å². The lowest BCUT2D eigenvalue weighted by Crippen LogP contribution is -2.66. The Balaban J connectivity index is 1.52. The van der Waals surface area contributed by atoms with Crippen molar-refractivity contribution in [3.63, 3.8) is 0 Å². The third-order valence-corrected chi connectivity index (χ3v) is 8.59. The normalized spacial score (nSPS) is 31.5. The van der Waals surface area contributed by atoms with Gasteiger partial charge in [0.2, 0.25) is 0 Å². The summed E-state index contributed by atoms with van der Waals surface area (Å²) >= 11 is 0.596. The number of non-ortho nitro benzene ring substituents is 2. The van der Waals surface area contributed by atoms with Crippen molar-refractivity contribution >= 4 is 35.0 Å². The zero-order chi connectivity index (χ0) is 33.0. The van der Waals surface area contributed by atoms with Crippen LogP contribution < -0.4 is 10.6 Å². The molecule has 19 heteroatoms. The fourth-order valence-corrected chi connectivity index (χ4v) is 6.20. The Morgan fingerprint density at radius 2 is 1.09 bits per heavy atom. The number of nitrogens with one attached hydrogen (secondary N) is 2. The van der Waals surface area contributed by atoms with Crippen molar-refractivity contribution in [3.8, 4) is 0 Å². The molecule has 0 saturated carbocycles. The largest absolute Gasteiger partial charge is 0.394 e. The molecular weight excluding hydrogens is 624 g/mol. The highest BCUT2D eigenvalue weighted by Crippen LogP contribution is 2.37. The molecule has 2 aromatic rings. The van der Waals surface area contributed by atoms with Gasteiger partial charge in [0, 0.05) is 35.4 Å². The van der Waals surface area contributed by atoms with E-state index in [1.807, 2.05) is 0 Å². The molecular formula is C26H30N4O14S. The van der Waals surface area contributed by atoms with Crippen molar-refractivity contribution in [3.05, 3.63) is 79.9 Å². The third kappa shape index (κ3) is 7.54. The zero-order valence-electron chi connectivity index (χ0n) is 23.1. The van der Waals surface area contributed by atoms with Gasteiger partial charge in [-0.15, -0.1) is 0 Å². The van der Waals surface area contributed by atoms with Gasteiger partial charge in [0.25, 0.3) is 23.2 Å². The van der Waals surface area contributed by atoms with Crippen molar-refractivity contribution in [2.75, 3.05) is 13.2 Å². The average molecular weight is 655 g/mol. The first-order valence-corrected chi connectivity index (χ1v) is 14.3. The second-order valence-electron chi connectivity index (χ2n) is 10.2. The van der Waals surface area contributed by atoms with E-state index in [-0.39, 0.29) is 22.5 Å². The van der Waals surface area contributed by atoms with E-state index in [1.165, 1.54) is 24.3 Å². The molecule has 2 amide bonds. The van der Waals surface area contributed by atoms with Crippen LogP contribution in [-0.4, -0.2) is 125 Å². The van der Waals surface area contributed by atoms with E-state index in [9.17, 15) is 60.5 Å². The number of rotatable bonds is 10. The molecule has 2 aromatic carbocycles. The first-order valence-electron chi connectivity index (χ1n) is 13.4. The number of thioether (sulfide) groups is 1. The van der Waals surface area contributed by atoms with Gasteiger partial charge in [-0.25, -0.2) is 0 Å². The quantitative estimate of drug-likeness (QED) is 0.102. The summed E-state index contributed by atoms with van der Waals surface area (Å²) in [7, 11) is 0. The summed E-state index contributed by atoms with van der Waals surface area (Å²) < 4.78 is 11.2. The first-order chi connectivity index (χ1) is 21.4. The van der Waals surface area contributed by atoms with Gasteiger partial charge in [0.05, 0.1) is 35.1 Å². The Bertz CT molecular complexity index is 1310. The minimum atomic E-state index is -1.73. The second kappa shape index (κ2) is 14.5. The molecule has 10 atom stereocenters. The van der Waals surface area contributed by atoms with E-state index in [0.717, 1.165) is 24.3 Å². The maximum absolute atomic E-state index is 12.9. The van der Waals surface area contributed by atoms with Crippen molar-refractivity contribution in [1.82, 2.24) is 10.6 Å². The number of aliphatic hydroxyl groups is 6. The number of amides is 2. The van der Waals surface area contributed by atoms with Gasteiger partial charge in [-0.05, 0) is 12.1 Å². The Morgan fingerprint density at radius 3 is 1.42 bits per heavy atom. The topological polar surface area (TPSA) is 284 Å². The molecule has 0 bridgehead atoms. The van der Waals surface area contributed by atoms with Gasteiger partial charge in [-0.3, -0.25) is 29.8 Å². The van der Waals surface area contributed by atoms with Crippen LogP contribution in [0.2, 0.25) is 0 Å². The Kier molecular flexibility index (Phi) is 11.0. The molecule has 8 N–H and O–H groups in total. The van der Waals surface area contributed by atoms with Crippen LogP contribution in [0.3, 0.4) is 0 Å². The molecule has 45 heavy (non-hydrogen) atoms. The lowest BCUT2D eigenvalue weighted by molar-refractivity contribution is -0.385. The Hall–Kier alpha value is -3.79. The fourth-order valence-electron chi connectivity index (χ4n) is 4.86. The number of carbonyl (C=O) groups is 2. The molecule has 0 spiro atoms.